The van der Waals surface area contributed by atoms with Crippen molar-refractivity contribution < 1.29 is 9.53 Å². The average molecular weight is 190 g/mol. The Balaban J connectivity index is 2.30. The number of ether oxygens (including phenoxy) is 1. The maximum atomic E-state index is 11.3. The molecule has 12 heavy (non-hydrogen) atoms. The molecule has 0 aromatic heterocycles. The van der Waals surface area contributed by atoms with Crippen molar-refractivity contribution in [2.24, 2.45) is 0 Å². The average Bonchev–Trinajstić information content (AvgIpc) is 1.76. The van der Waals surface area contributed by atoms with E-state index in [9.17, 15) is 4.79 Å². The highest BCUT2D eigenvalue weighted by Gasteiger charge is 2.31. The molecule has 4 heteroatoms. The van der Waals surface area contributed by atoms with Gasteiger partial charge in [-0.25, -0.2) is 4.79 Å². The number of hydrogen-bond donors (Lipinski definition) is 1. The second kappa shape index (κ2) is 3.17. The van der Waals surface area contributed by atoms with Crippen LogP contribution in [-0.2, 0) is 4.74 Å². The standard InChI is InChI=1S/C8H15NO2S/c1-8(2,3)11-7(10)9-4-6(12)5-9/h6,12H,4-5H2,1-3H3/i7+1. The molecular weight excluding hydrogens is 175 g/mol. The van der Waals surface area contributed by atoms with Crippen LogP contribution in [0.2, 0.25) is 0 Å². The Morgan fingerprint density at radius 2 is 2.00 bits per heavy atom. The maximum Gasteiger partial charge on any atom is 0.410 e. The predicted molar refractivity (Wildman–Crippen MR) is 50.6 cm³/mol. The molecule has 70 valence electrons. The minimum Gasteiger partial charge on any atom is -0.444 e. The Morgan fingerprint density at radius 3 is 2.33 bits per heavy atom. The van der Waals surface area contributed by atoms with Crippen LogP contribution in [0.15, 0.2) is 0 Å². The molecule has 0 spiro atoms. The molecule has 3 nitrogen and oxygen atoms in total. The molecule has 1 rings (SSSR count). The minimum atomic E-state index is -0.390. The Labute approximate surface area is 78.5 Å². The van der Waals surface area contributed by atoms with E-state index in [0.717, 1.165) is 0 Å². The zero-order valence-corrected chi connectivity index (χ0v) is 8.60. The quantitative estimate of drug-likeness (QED) is 0.464. The van der Waals surface area contributed by atoms with Crippen LogP contribution in [0.4, 0.5) is 4.79 Å². The summed E-state index contributed by atoms with van der Waals surface area (Å²) in [5, 5.41) is 0.331. The molecule has 1 heterocycles. The van der Waals surface area contributed by atoms with E-state index < -0.39 is 5.60 Å². The number of likely N-dealkylation sites (tertiary alicyclic amines) is 1. The number of nitrogens with zero attached hydrogens (tertiary/aromatic N) is 1. The summed E-state index contributed by atoms with van der Waals surface area (Å²) in [7, 11) is 0. The lowest BCUT2D eigenvalue weighted by Gasteiger charge is -2.37. The first-order valence-electron chi connectivity index (χ1n) is 4.04. The van der Waals surface area contributed by atoms with Gasteiger partial charge in [0.1, 0.15) is 5.60 Å². The highest BCUT2D eigenvalue weighted by Crippen LogP contribution is 2.17. The van der Waals surface area contributed by atoms with Crippen molar-refractivity contribution in [2.45, 2.75) is 31.6 Å². The van der Waals surface area contributed by atoms with Gasteiger partial charge in [0, 0.05) is 18.3 Å². The van der Waals surface area contributed by atoms with Gasteiger partial charge in [0.2, 0.25) is 0 Å². The third-order valence-corrected chi connectivity index (χ3v) is 1.84. The molecule has 1 amide bonds. The van der Waals surface area contributed by atoms with Crippen molar-refractivity contribution in [1.29, 1.82) is 0 Å². The fourth-order valence-corrected chi connectivity index (χ4v) is 1.33. The maximum absolute atomic E-state index is 11.3. The SMILES string of the molecule is CC(C)(C)O[13C](=O)N1CC(S)C1. The van der Waals surface area contributed by atoms with Gasteiger partial charge in [-0.05, 0) is 20.8 Å². The molecule has 1 saturated heterocycles. The van der Waals surface area contributed by atoms with Crippen molar-refractivity contribution in [2.75, 3.05) is 13.1 Å². The van der Waals surface area contributed by atoms with Gasteiger partial charge in [0.05, 0.1) is 0 Å². The molecular formula is C8H15NO2S. The fraction of sp³-hybridized carbons (Fsp3) is 0.875. The third kappa shape index (κ3) is 2.59. The van der Waals surface area contributed by atoms with E-state index in [4.69, 9.17) is 4.74 Å². The number of carbonyl (C=O) groups is 1. The molecule has 0 aromatic carbocycles. The minimum absolute atomic E-state index is 0.229. The first-order chi connectivity index (χ1) is 5.38. The zero-order valence-electron chi connectivity index (χ0n) is 7.70. The van der Waals surface area contributed by atoms with Gasteiger partial charge in [-0.3, -0.25) is 0 Å². The van der Waals surface area contributed by atoms with E-state index in [1.165, 1.54) is 0 Å². The van der Waals surface area contributed by atoms with Crippen LogP contribution >= 0.6 is 12.6 Å². The van der Waals surface area contributed by atoms with Crippen LogP contribution in [0.25, 0.3) is 0 Å². The molecule has 1 aliphatic heterocycles. The van der Waals surface area contributed by atoms with Gasteiger partial charge < -0.3 is 9.64 Å². The molecule has 0 atom stereocenters. The van der Waals surface area contributed by atoms with Crippen molar-refractivity contribution in [3.8, 4) is 0 Å². The summed E-state index contributed by atoms with van der Waals surface area (Å²) >= 11 is 4.20. The van der Waals surface area contributed by atoms with Crippen molar-refractivity contribution in [1.82, 2.24) is 4.90 Å². The lowest BCUT2D eigenvalue weighted by Crippen LogP contribution is -2.52. The fourth-order valence-electron chi connectivity index (χ4n) is 0.931. The summed E-state index contributed by atoms with van der Waals surface area (Å²) < 4.78 is 5.14. The second-order valence-electron chi connectivity index (χ2n) is 4.04. The summed E-state index contributed by atoms with van der Waals surface area (Å²) in [5.41, 5.74) is -0.390. The van der Waals surface area contributed by atoms with E-state index in [-0.39, 0.29) is 6.09 Å². The number of amides is 1. The van der Waals surface area contributed by atoms with Crippen molar-refractivity contribution in [3.05, 3.63) is 0 Å². The van der Waals surface area contributed by atoms with Crippen molar-refractivity contribution >= 4 is 18.7 Å². The molecule has 0 N–H and O–H groups in total. The number of carbonyl (C=O) groups excluding carboxylic acids is 1. The van der Waals surface area contributed by atoms with E-state index in [0.29, 0.717) is 18.3 Å². The summed E-state index contributed by atoms with van der Waals surface area (Å²) in [6.45, 7) is 7.00. The normalized spacial score (nSPS) is 18.8. The topological polar surface area (TPSA) is 29.5 Å². The highest BCUT2D eigenvalue weighted by atomic mass is 32.1. The molecule has 1 aliphatic rings. The Kier molecular flexibility index (Phi) is 2.56. The number of thiol groups is 1. The Bertz CT molecular complexity index is 182. The number of rotatable bonds is 0. The summed E-state index contributed by atoms with van der Waals surface area (Å²) in [5.74, 6) is 0. The smallest absolute Gasteiger partial charge is 0.410 e. The molecule has 1 fully saturated rings. The summed E-state index contributed by atoms with van der Waals surface area (Å²) in [6.07, 6.45) is -0.229. The third-order valence-electron chi connectivity index (χ3n) is 1.51. The summed E-state index contributed by atoms with van der Waals surface area (Å²) in [6, 6.07) is 0. The summed E-state index contributed by atoms with van der Waals surface area (Å²) in [4.78, 5) is 12.9. The zero-order chi connectivity index (χ0) is 9.35. The Morgan fingerprint density at radius 1 is 1.50 bits per heavy atom. The first kappa shape index (κ1) is 9.71. The van der Waals surface area contributed by atoms with E-state index in [1.54, 1.807) is 4.90 Å². The molecule has 0 aromatic rings. The highest BCUT2D eigenvalue weighted by molar-refractivity contribution is 7.81. The van der Waals surface area contributed by atoms with E-state index in [2.05, 4.69) is 12.6 Å². The van der Waals surface area contributed by atoms with Crippen LogP contribution in [0.1, 0.15) is 20.8 Å². The molecule has 0 bridgehead atoms. The lowest BCUT2D eigenvalue weighted by atomic mass is 10.2. The predicted octanol–water partition coefficient (Wildman–Crippen LogP) is 1.54. The monoisotopic (exact) mass is 190 g/mol. The molecule has 0 unspecified atom stereocenters. The van der Waals surface area contributed by atoms with E-state index >= 15 is 0 Å². The van der Waals surface area contributed by atoms with Gasteiger partial charge >= 0.3 is 6.09 Å². The van der Waals surface area contributed by atoms with Gasteiger partial charge in [-0.2, -0.15) is 12.6 Å². The van der Waals surface area contributed by atoms with Gasteiger partial charge in [0.15, 0.2) is 0 Å². The molecule has 0 saturated carbocycles. The van der Waals surface area contributed by atoms with Crippen LogP contribution < -0.4 is 0 Å². The van der Waals surface area contributed by atoms with Crippen LogP contribution in [0.5, 0.6) is 0 Å². The van der Waals surface area contributed by atoms with Crippen molar-refractivity contribution in [3.63, 3.8) is 0 Å². The molecule has 0 radical (unpaired) electrons. The Hall–Kier alpha value is -0.380. The van der Waals surface area contributed by atoms with Crippen LogP contribution in [0, 0.1) is 0 Å². The lowest BCUT2D eigenvalue weighted by molar-refractivity contribution is 0.0145. The second-order valence-corrected chi connectivity index (χ2v) is 4.77. The van der Waals surface area contributed by atoms with Crippen LogP contribution in [-0.4, -0.2) is 34.9 Å². The van der Waals surface area contributed by atoms with Gasteiger partial charge in [0.25, 0.3) is 0 Å². The largest absolute Gasteiger partial charge is 0.444 e. The molecule has 0 aliphatic carbocycles. The first-order valence-corrected chi connectivity index (χ1v) is 4.56. The van der Waals surface area contributed by atoms with E-state index in [1.807, 2.05) is 20.8 Å². The van der Waals surface area contributed by atoms with Gasteiger partial charge in [-0.1, -0.05) is 0 Å². The number of hydrogen-bond acceptors (Lipinski definition) is 3. The van der Waals surface area contributed by atoms with Crippen LogP contribution in [0.3, 0.4) is 0 Å². The van der Waals surface area contributed by atoms with Gasteiger partial charge in [-0.15, -0.1) is 0 Å².